The second-order valence-corrected chi connectivity index (χ2v) is 6.86. The maximum Gasteiger partial charge on any atom is 0.134 e. The van der Waals surface area contributed by atoms with E-state index in [1.165, 1.54) is 5.56 Å². The molecule has 0 radical (unpaired) electrons. The van der Waals surface area contributed by atoms with Crippen molar-refractivity contribution < 1.29 is 0 Å². The lowest BCUT2D eigenvalue weighted by molar-refractivity contribution is 0.270. The van der Waals surface area contributed by atoms with Crippen LogP contribution in [0.5, 0.6) is 0 Å². The fourth-order valence-corrected chi connectivity index (χ4v) is 3.27. The van der Waals surface area contributed by atoms with E-state index in [4.69, 9.17) is 0 Å². The van der Waals surface area contributed by atoms with E-state index < -0.39 is 0 Å². The van der Waals surface area contributed by atoms with Crippen LogP contribution in [0.3, 0.4) is 0 Å². The van der Waals surface area contributed by atoms with Crippen molar-refractivity contribution in [1.82, 2.24) is 14.9 Å². The predicted octanol–water partition coefficient (Wildman–Crippen LogP) is 3.03. The third kappa shape index (κ3) is 4.48. The molecule has 0 N–H and O–H groups in total. The summed E-state index contributed by atoms with van der Waals surface area (Å²) in [6, 6.07) is 13.1. The van der Waals surface area contributed by atoms with Crippen LogP contribution in [-0.2, 0) is 6.54 Å². The van der Waals surface area contributed by atoms with Crippen LogP contribution in [0, 0.1) is 0 Å². The Balaban J connectivity index is 1.76. The Morgan fingerprint density at radius 3 is 2.40 bits per heavy atom. The van der Waals surface area contributed by atoms with Crippen LogP contribution in [0.2, 0.25) is 0 Å². The summed E-state index contributed by atoms with van der Waals surface area (Å²) in [6.07, 6.45) is 1.71. The van der Waals surface area contributed by atoms with Gasteiger partial charge in [-0.2, -0.15) is 0 Å². The first-order chi connectivity index (χ1) is 12.2. The number of hydrogen-bond acceptors (Lipinski definition) is 5. The van der Waals surface area contributed by atoms with Crippen LogP contribution in [0.15, 0.2) is 42.7 Å². The summed E-state index contributed by atoms with van der Waals surface area (Å²) in [5.41, 5.74) is 1.30. The minimum Gasteiger partial charge on any atom is -0.354 e. The third-order valence-corrected chi connectivity index (χ3v) is 4.90. The van der Waals surface area contributed by atoms with Crippen molar-refractivity contribution >= 4 is 11.6 Å². The molecule has 134 valence electrons. The van der Waals surface area contributed by atoms with Gasteiger partial charge in [0.05, 0.1) is 0 Å². The first-order valence-corrected chi connectivity index (χ1v) is 9.27. The lowest BCUT2D eigenvalue weighted by Crippen LogP contribution is -2.46. The molecule has 0 aliphatic carbocycles. The number of rotatable bonds is 6. The molecule has 0 amide bonds. The van der Waals surface area contributed by atoms with Gasteiger partial charge in [0.2, 0.25) is 0 Å². The standard InChI is InChI=1S/C20H29N5/c1-4-23-10-12-24(13-11-23)19-14-20(22-16-21-19)25(17(2)3)15-18-8-6-5-7-9-18/h5-9,14,16-17H,4,10-13,15H2,1-3H3. The molecule has 0 unspecified atom stereocenters. The summed E-state index contributed by atoms with van der Waals surface area (Å²) in [7, 11) is 0. The molecule has 0 saturated carbocycles. The number of likely N-dealkylation sites (N-methyl/N-ethyl adjacent to an activating group) is 1. The van der Waals surface area contributed by atoms with E-state index in [0.29, 0.717) is 6.04 Å². The van der Waals surface area contributed by atoms with Crippen LogP contribution in [0.1, 0.15) is 26.3 Å². The number of nitrogens with zero attached hydrogens (tertiary/aromatic N) is 5. The molecule has 1 aliphatic rings. The van der Waals surface area contributed by atoms with Crippen molar-refractivity contribution in [3.63, 3.8) is 0 Å². The van der Waals surface area contributed by atoms with Crippen molar-refractivity contribution in [2.45, 2.75) is 33.4 Å². The average Bonchev–Trinajstić information content (AvgIpc) is 2.67. The van der Waals surface area contributed by atoms with E-state index >= 15 is 0 Å². The lowest BCUT2D eigenvalue weighted by atomic mass is 10.2. The van der Waals surface area contributed by atoms with Crippen LogP contribution in [-0.4, -0.2) is 53.6 Å². The van der Waals surface area contributed by atoms with Crippen molar-refractivity contribution in [3.05, 3.63) is 48.3 Å². The Morgan fingerprint density at radius 2 is 1.76 bits per heavy atom. The first kappa shape index (κ1) is 17.7. The van der Waals surface area contributed by atoms with E-state index in [-0.39, 0.29) is 0 Å². The molecule has 3 rings (SSSR count). The van der Waals surface area contributed by atoms with Gasteiger partial charge in [-0.1, -0.05) is 37.3 Å². The molecule has 1 saturated heterocycles. The number of anilines is 2. The van der Waals surface area contributed by atoms with Gasteiger partial charge in [0.15, 0.2) is 0 Å². The maximum absolute atomic E-state index is 4.56. The maximum atomic E-state index is 4.56. The largest absolute Gasteiger partial charge is 0.354 e. The van der Waals surface area contributed by atoms with Crippen LogP contribution in [0.4, 0.5) is 11.6 Å². The molecule has 0 atom stereocenters. The summed E-state index contributed by atoms with van der Waals surface area (Å²) in [4.78, 5) is 16.3. The molecule has 2 aromatic rings. The molecule has 5 nitrogen and oxygen atoms in total. The molecule has 5 heteroatoms. The van der Waals surface area contributed by atoms with Crippen molar-refractivity contribution in [1.29, 1.82) is 0 Å². The molecule has 0 spiro atoms. The molecule has 1 fully saturated rings. The fraction of sp³-hybridized carbons (Fsp3) is 0.500. The molecule has 1 aromatic heterocycles. The Bertz CT molecular complexity index is 650. The topological polar surface area (TPSA) is 35.5 Å². The van der Waals surface area contributed by atoms with Gasteiger partial charge in [0, 0.05) is 44.8 Å². The highest BCUT2D eigenvalue weighted by Crippen LogP contribution is 2.22. The first-order valence-electron chi connectivity index (χ1n) is 9.27. The molecular formula is C20H29N5. The molecule has 1 aliphatic heterocycles. The summed E-state index contributed by atoms with van der Waals surface area (Å²) < 4.78 is 0. The van der Waals surface area contributed by atoms with Crippen molar-refractivity contribution in [3.8, 4) is 0 Å². The second kappa shape index (κ2) is 8.30. The van der Waals surface area contributed by atoms with Gasteiger partial charge in [-0.05, 0) is 26.0 Å². The third-order valence-electron chi connectivity index (χ3n) is 4.90. The number of benzene rings is 1. The fourth-order valence-electron chi connectivity index (χ4n) is 3.27. The minimum atomic E-state index is 0.375. The zero-order valence-electron chi connectivity index (χ0n) is 15.6. The summed E-state index contributed by atoms with van der Waals surface area (Å²) in [5, 5.41) is 0. The monoisotopic (exact) mass is 339 g/mol. The van der Waals surface area contributed by atoms with E-state index in [0.717, 1.165) is 50.9 Å². The average molecular weight is 339 g/mol. The molecule has 2 heterocycles. The van der Waals surface area contributed by atoms with Gasteiger partial charge in [-0.15, -0.1) is 0 Å². The highest BCUT2D eigenvalue weighted by Gasteiger charge is 2.19. The summed E-state index contributed by atoms with van der Waals surface area (Å²) >= 11 is 0. The van der Waals surface area contributed by atoms with Gasteiger partial charge >= 0.3 is 0 Å². The molecule has 1 aromatic carbocycles. The Hall–Kier alpha value is -2.14. The molecular weight excluding hydrogens is 310 g/mol. The number of aromatic nitrogens is 2. The quantitative estimate of drug-likeness (QED) is 0.808. The molecule has 25 heavy (non-hydrogen) atoms. The predicted molar refractivity (Wildman–Crippen MR) is 104 cm³/mol. The zero-order valence-corrected chi connectivity index (χ0v) is 15.6. The van der Waals surface area contributed by atoms with E-state index in [1.54, 1.807) is 6.33 Å². The Labute approximate surface area is 151 Å². The highest BCUT2D eigenvalue weighted by atomic mass is 15.3. The van der Waals surface area contributed by atoms with Gasteiger partial charge in [-0.25, -0.2) is 9.97 Å². The van der Waals surface area contributed by atoms with Gasteiger partial charge in [0.1, 0.15) is 18.0 Å². The highest BCUT2D eigenvalue weighted by molar-refractivity contribution is 5.51. The zero-order chi connectivity index (χ0) is 17.6. The van der Waals surface area contributed by atoms with Gasteiger partial charge < -0.3 is 14.7 Å². The number of hydrogen-bond donors (Lipinski definition) is 0. The SMILES string of the molecule is CCN1CCN(c2cc(N(Cc3ccccc3)C(C)C)ncn2)CC1. The summed E-state index contributed by atoms with van der Waals surface area (Å²) in [5.74, 6) is 2.04. The molecule has 0 bridgehead atoms. The van der Waals surface area contributed by atoms with Crippen LogP contribution >= 0.6 is 0 Å². The lowest BCUT2D eigenvalue weighted by Gasteiger charge is -2.35. The Morgan fingerprint density at radius 1 is 1.04 bits per heavy atom. The van der Waals surface area contributed by atoms with E-state index in [2.05, 4.69) is 81.8 Å². The van der Waals surface area contributed by atoms with E-state index in [1.807, 2.05) is 0 Å². The van der Waals surface area contributed by atoms with Crippen molar-refractivity contribution in [2.75, 3.05) is 42.5 Å². The summed E-state index contributed by atoms with van der Waals surface area (Å²) in [6.45, 7) is 12.9. The van der Waals surface area contributed by atoms with E-state index in [9.17, 15) is 0 Å². The van der Waals surface area contributed by atoms with Crippen LogP contribution in [0.25, 0.3) is 0 Å². The number of piperazine rings is 1. The Kier molecular flexibility index (Phi) is 5.87. The van der Waals surface area contributed by atoms with Gasteiger partial charge in [-0.3, -0.25) is 0 Å². The smallest absolute Gasteiger partial charge is 0.134 e. The van der Waals surface area contributed by atoms with Crippen LogP contribution < -0.4 is 9.80 Å². The van der Waals surface area contributed by atoms with Crippen molar-refractivity contribution in [2.24, 2.45) is 0 Å². The normalized spacial score (nSPS) is 15.6. The van der Waals surface area contributed by atoms with Gasteiger partial charge in [0.25, 0.3) is 0 Å². The minimum absolute atomic E-state index is 0.375. The second-order valence-electron chi connectivity index (χ2n) is 6.86.